The molecular formula is C18H17FN2O5. The first-order valence-electron chi connectivity index (χ1n) is 7.70. The van der Waals surface area contributed by atoms with Gasteiger partial charge < -0.3 is 20.5 Å². The molecule has 0 unspecified atom stereocenters. The fraction of sp³-hybridized carbons (Fsp3) is 0.167. The normalized spacial score (nSPS) is 10.1. The molecule has 0 radical (unpaired) electrons. The van der Waals surface area contributed by atoms with Crippen molar-refractivity contribution >= 4 is 29.2 Å². The standard InChI is InChI=1S/C18H17FN2O5/c1-2-25-18(24)13-5-3-4-6-15(13)21-16(22)10-26-17(23)12-8-7-11(19)9-14(12)20/h3-9H,2,10,20H2,1H3,(H,21,22). The molecule has 0 heterocycles. The number of para-hydroxylation sites is 1. The van der Waals surface area contributed by atoms with Gasteiger partial charge >= 0.3 is 11.9 Å². The third-order valence-corrected chi connectivity index (χ3v) is 3.26. The van der Waals surface area contributed by atoms with Crippen LogP contribution in [0.4, 0.5) is 15.8 Å². The second kappa shape index (κ2) is 8.61. The number of nitrogens with one attached hydrogen (secondary N) is 1. The number of nitrogen functional groups attached to an aromatic ring is 1. The maximum absolute atomic E-state index is 13.0. The van der Waals surface area contributed by atoms with Crippen molar-refractivity contribution in [1.29, 1.82) is 0 Å². The Morgan fingerprint density at radius 1 is 1.04 bits per heavy atom. The van der Waals surface area contributed by atoms with Crippen LogP contribution in [0.1, 0.15) is 27.6 Å². The fourth-order valence-corrected chi connectivity index (χ4v) is 2.09. The van der Waals surface area contributed by atoms with Gasteiger partial charge in [0.25, 0.3) is 5.91 Å². The number of halogens is 1. The number of amides is 1. The second-order valence-corrected chi connectivity index (χ2v) is 5.12. The number of carbonyl (C=O) groups excluding carboxylic acids is 3. The first kappa shape index (κ1) is 18.9. The van der Waals surface area contributed by atoms with Gasteiger partial charge in [0.15, 0.2) is 6.61 Å². The predicted molar refractivity (Wildman–Crippen MR) is 92.1 cm³/mol. The van der Waals surface area contributed by atoms with Gasteiger partial charge in [0.2, 0.25) is 0 Å². The van der Waals surface area contributed by atoms with E-state index >= 15 is 0 Å². The largest absolute Gasteiger partial charge is 0.462 e. The summed E-state index contributed by atoms with van der Waals surface area (Å²) in [4.78, 5) is 35.8. The Bertz CT molecular complexity index is 838. The summed E-state index contributed by atoms with van der Waals surface area (Å²) in [6.45, 7) is 1.25. The predicted octanol–water partition coefficient (Wildman–Crippen LogP) is 2.38. The van der Waals surface area contributed by atoms with E-state index in [1.807, 2.05) is 0 Å². The lowest BCUT2D eigenvalue weighted by Gasteiger charge is -2.11. The summed E-state index contributed by atoms with van der Waals surface area (Å²) in [5, 5.41) is 2.47. The third-order valence-electron chi connectivity index (χ3n) is 3.26. The van der Waals surface area contributed by atoms with Crippen molar-refractivity contribution in [2.45, 2.75) is 6.92 Å². The molecule has 0 saturated carbocycles. The highest BCUT2D eigenvalue weighted by molar-refractivity contribution is 6.02. The SMILES string of the molecule is CCOC(=O)c1ccccc1NC(=O)COC(=O)c1ccc(F)cc1N. The molecule has 136 valence electrons. The average molecular weight is 360 g/mol. The molecule has 2 rings (SSSR count). The van der Waals surface area contributed by atoms with Gasteiger partial charge in [0, 0.05) is 5.69 Å². The lowest BCUT2D eigenvalue weighted by molar-refractivity contribution is -0.119. The van der Waals surface area contributed by atoms with E-state index in [9.17, 15) is 18.8 Å². The highest BCUT2D eigenvalue weighted by Crippen LogP contribution is 2.17. The van der Waals surface area contributed by atoms with Crippen LogP contribution in [-0.2, 0) is 14.3 Å². The van der Waals surface area contributed by atoms with E-state index in [0.29, 0.717) is 0 Å². The monoisotopic (exact) mass is 360 g/mol. The van der Waals surface area contributed by atoms with Gasteiger partial charge in [-0.2, -0.15) is 0 Å². The van der Waals surface area contributed by atoms with Gasteiger partial charge in [-0.25, -0.2) is 14.0 Å². The molecule has 3 N–H and O–H groups in total. The number of hydrogen-bond donors (Lipinski definition) is 2. The summed E-state index contributed by atoms with van der Waals surface area (Å²) in [5.41, 5.74) is 5.80. The Morgan fingerprint density at radius 3 is 2.42 bits per heavy atom. The van der Waals surface area contributed by atoms with Crippen LogP contribution < -0.4 is 11.1 Å². The Labute approximate surface area is 148 Å². The molecule has 7 nitrogen and oxygen atoms in total. The minimum absolute atomic E-state index is 0.0499. The molecular weight excluding hydrogens is 343 g/mol. The number of carbonyl (C=O) groups is 3. The smallest absolute Gasteiger partial charge is 0.340 e. The van der Waals surface area contributed by atoms with Crippen LogP contribution in [0, 0.1) is 5.82 Å². The molecule has 0 atom stereocenters. The zero-order chi connectivity index (χ0) is 19.1. The number of benzene rings is 2. The summed E-state index contributed by atoms with van der Waals surface area (Å²) >= 11 is 0. The Balaban J connectivity index is 1.99. The number of nitrogens with two attached hydrogens (primary N) is 1. The van der Waals surface area contributed by atoms with E-state index in [0.717, 1.165) is 12.1 Å². The minimum atomic E-state index is -0.865. The van der Waals surface area contributed by atoms with E-state index in [-0.39, 0.29) is 29.1 Å². The van der Waals surface area contributed by atoms with Crippen molar-refractivity contribution in [1.82, 2.24) is 0 Å². The molecule has 0 aliphatic heterocycles. The van der Waals surface area contributed by atoms with Crippen LogP contribution in [0.2, 0.25) is 0 Å². The molecule has 0 aliphatic carbocycles. The zero-order valence-electron chi connectivity index (χ0n) is 14.0. The molecule has 0 saturated heterocycles. The fourth-order valence-electron chi connectivity index (χ4n) is 2.09. The number of anilines is 2. The molecule has 2 aromatic rings. The summed E-state index contributed by atoms with van der Waals surface area (Å²) in [5.74, 6) is -2.70. The number of rotatable bonds is 6. The van der Waals surface area contributed by atoms with Gasteiger partial charge in [0.1, 0.15) is 5.82 Å². The van der Waals surface area contributed by atoms with Crippen LogP contribution in [0.15, 0.2) is 42.5 Å². The maximum atomic E-state index is 13.0. The molecule has 0 bridgehead atoms. The molecule has 0 aliphatic rings. The van der Waals surface area contributed by atoms with Crippen LogP contribution in [-0.4, -0.2) is 31.1 Å². The molecule has 2 aromatic carbocycles. The van der Waals surface area contributed by atoms with E-state index in [1.54, 1.807) is 19.1 Å². The average Bonchev–Trinajstić information content (AvgIpc) is 2.60. The van der Waals surface area contributed by atoms with E-state index in [1.165, 1.54) is 18.2 Å². The Kier molecular flexibility index (Phi) is 6.26. The molecule has 0 spiro atoms. The van der Waals surface area contributed by atoms with Crippen molar-refractivity contribution < 1.29 is 28.2 Å². The highest BCUT2D eigenvalue weighted by atomic mass is 19.1. The molecule has 26 heavy (non-hydrogen) atoms. The van der Waals surface area contributed by atoms with Crippen molar-refractivity contribution in [3.8, 4) is 0 Å². The number of hydrogen-bond acceptors (Lipinski definition) is 6. The van der Waals surface area contributed by atoms with Crippen LogP contribution in [0.25, 0.3) is 0 Å². The van der Waals surface area contributed by atoms with Crippen LogP contribution in [0.5, 0.6) is 0 Å². The lowest BCUT2D eigenvalue weighted by atomic mass is 10.2. The van der Waals surface area contributed by atoms with Crippen molar-refractivity contribution in [3.05, 3.63) is 59.4 Å². The van der Waals surface area contributed by atoms with Crippen LogP contribution >= 0.6 is 0 Å². The van der Waals surface area contributed by atoms with Gasteiger partial charge in [-0.3, -0.25) is 4.79 Å². The minimum Gasteiger partial charge on any atom is -0.462 e. The summed E-state index contributed by atoms with van der Waals surface area (Å²) in [6, 6.07) is 9.47. The number of esters is 2. The van der Waals surface area contributed by atoms with Gasteiger partial charge in [0.05, 0.1) is 23.4 Å². The number of ether oxygens (including phenoxy) is 2. The Morgan fingerprint density at radius 2 is 1.73 bits per heavy atom. The third kappa shape index (κ3) is 4.79. The van der Waals surface area contributed by atoms with Gasteiger partial charge in [-0.15, -0.1) is 0 Å². The van der Waals surface area contributed by atoms with Crippen LogP contribution in [0.3, 0.4) is 0 Å². The van der Waals surface area contributed by atoms with E-state index in [4.69, 9.17) is 15.2 Å². The maximum Gasteiger partial charge on any atom is 0.340 e. The molecule has 1 amide bonds. The Hall–Kier alpha value is -3.42. The summed E-state index contributed by atoms with van der Waals surface area (Å²) in [6.07, 6.45) is 0. The first-order valence-corrected chi connectivity index (χ1v) is 7.70. The summed E-state index contributed by atoms with van der Waals surface area (Å²) < 4.78 is 22.8. The zero-order valence-corrected chi connectivity index (χ0v) is 14.0. The highest BCUT2D eigenvalue weighted by Gasteiger charge is 2.16. The van der Waals surface area contributed by atoms with E-state index < -0.39 is 30.3 Å². The second-order valence-electron chi connectivity index (χ2n) is 5.12. The quantitative estimate of drug-likeness (QED) is 0.605. The van der Waals surface area contributed by atoms with Crippen molar-refractivity contribution in [2.75, 3.05) is 24.3 Å². The van der Waals surface area contributed by atoms with Gasteiger partial charge in [-0.05, 0) is 37.3 Å². The van der Waals surface area contributed by atoms with Crippen molar-refractivity contribution in [3.63, 3.8) is 0 Å². The first-order chi connectivity index (χ1) is 12.4. The molecule has 0 fully saturated rings. The molecule has 0 aromatic heterocycles. The lowest BCUT2D eigenvalue weighted by Crippen LogP contribution is -2.22. The van der Waals surface area contributed by atoms with Gasteiger partial charge in [-0.1, -0.05) is 12.1 Å². The summed E-state index contributed by atoms with van der Waals surface area (Å²) in [7, 11) is 0. The topological polar surface area (TPSA) is 108 Å². The van der Waals surface area contributed by atoms with E-state index in [2.05, 4.69) is 5.32 Å². The molecule has 8 heteroatoms. The van der Waals surface area contributed by atoms with Crippen molar-refractivity contribution in [2.24, 2.45) is 0 Å².